The fourth-order valence-electron chi connectivity index (χ4n) is 2.70. The predicted molar refractivity (Wildman–Crippen MR) is 68.9 cm³/mol. The number of carbonyl (C=O) groups is 1. The summed E-state index contributed by atoms with van der Waals surface area (Å²) < 4.78 is 1.85. The first kappa shape index (κ1) is 13.1. The molecule has 1 saturated heterocycles. The number of carboxylic acids is 1. The predicted octanol–water partition coefficient (Wildman–Crippen LogP) is 1.59. The highest BCUT2D eigenvalue weighted by Crippen LogP contribution is 2.19. The molecule has 0 aliphatic carbocycles. The van der Waals surface area contributed by atoms with Crippen molar-refractivity contribution in [2.24, 2.45) is 5.92 Å². The van der Waals surface area contributed by atoms with Gasteiger partial charge in [-0.15, -0.1) is 0 Å². The zero-order valence-corrected chi connectivity index (χ0v) is 11.1. The van der Waals surface area contributed by atoms with Crippen LogP contribution in [0.1, 0.15) is 41.0 Å². The Balaban J connectivity index is 2.01. The van der Waals surface area contributed by atoms with E-state index in [0.29, 0.717) is 11.3 Å². The topological polar surface area (TPSA) is 67.2 Å². The molecule has 1 aromatic rings. The molecule has 0 unspecified atom stereocenters. The lowest BCUT2D eigenvalue weighted by molar-refractivity contribution is 0.0695. The van der Waals surface area contributed by atoms with E-state index in [4.69, 9.17) is 5.11 Å². The van der Waals surface area contributed by atoms with Gasteiger partial charge in [0, 0.05) is 6.54 Å². The zero-order chi connectivity index (χ0) is 13.1. The van der Waals surface area contributed by atoms with Gasteiger partial charge < -0.3 is 10.4 Å². The monoisotopic (exact) mass is 251 g/mol. The quantitative estimate of drug-likeness (QED) is 0.852. The lowest BCUT2D eigenvalue weighted by atomic mass is 9.95. The van der Waals surface area contributed by atoms with Crippen molar-refractivity contribution in [3.8, 4) is 0 Å². The number of carboxylic acid groups (broad SMARTS) is 1. The van der Waals surface area contributed by atoms with Crippen molar-refractivity contribution in [1.29, 1.82) is 0 Å². The summed E-state index contributed by atoms with van der Waals surface area (Å²) in [7, 11) is 0. The second kappa shape index (κ2) is 5.52. The average molecular weight is 251 g/mol. The Morgan fingerprint density at radius 2 is 2.11 bits per heavy atom. The summed E-state index contributed by atoms with van der Waals surface area (Å²) in [4.78, 5) is 11.1. The van der Waals surface area contributed by atoms with Crippen LogP contribution in [-0.2, 0) is 6.54 Å². The minimum absolute atomic E-state index is 0.361. The van der Waals surface area contributed by atoms with Crippen molar-refractivity contribution in [3.05, 3.63) is 17.0 Å². The average Bonchev–Trinajstić information content (AvgIpc) is 2.63. The maximum Gasteiger partial charge on any atom is 0.339 e. The molecule has 0 atom stereocenters. The number of piperidine rings is 1. The standard InChI is InChI=1S/C13H21N3O2/c1-9-12(13(17)18)10(2)16(15-9)8-5-11-3-6-14-7-4-11/h11,14H,3-8H2,1-2H3,(H,17,18). The van der Waals surface area contributed by atoms with E-state index in [1.165, 1.54) is 12.8 Å². The van der Waals surface area contributed by atoms with E-state index in [1.807, 2.05) is 11.6 Å². The zero-order valence-electron chi connectivity index (χ0n) is 11.1. The maximum atomic E-state index is 11.1. The molecular formula is C13H21N3O2. The summed E-state index contributed by atoms with van der Waals surface area (Å²) in [6, 6.07) is 0. The molecule has 1 aliphatic rings. The van der Waals surface area contributed by atoms with Gasteiger partial charge in [0.05, 0.1) is 11.4 Å². The molecule has 18 heavy (non-hydrogen) atoms. The summed E-state index contributed by atoms with van der Waals surface area (Å²) in [5.41, 5.74) is 1.75. The normalized spacial score (nSPS) is 17.0. The van der Waals surface area contributed by atoms with Crippen molar-refractivity contribution in [3.63, 3.8) is 0 Å². The fourth-order valence-corrected chi connectivity index (χ4v) is 2.70. The van der Waals surface area contributed by atoms with E-state index in [0.717, 1.165) is 37.7 Å². The molecule has 0 saturated carbocycles. The molecule has 0 spiro atoms. The third-order valence-corrected chi connectivity index (χ3v) is 3.80. The van der Waals surface area contributed by atoms with E-state index >= 15 is 0 Å². The van der Waals surface area contributed by atoms with Gasteiger partial charge in [0.1, 0.15) is 5.56 Å². The van der Waals surface area contributed by atoms with Crippen molar-refractivity contribution in [2.45, 2.75) is 39.7 Å². The number of aryl methyl sites for hydroxylation is 2. The van der Waals surface area contributed by atoms with Crippen molar-refractivity contribution in [2.75, 3.05) is 13.1 Å². The SMILES string of the molecule is Cc1nn(CCC2CCNCC2)c(C)c1C(=O)O. The van der Waals surface area contributed by atoms with Gasteiger partial charge in [0.15, 0.2) is 0 Å². The van der Waals surface area contributed by atoms with Crippen LogP contribution in [0.3, 0.4) is 0 Å². The van der Waals surface area contributed by atoms with E-state index in [2.05, 4.69) is 10.4 Å². The van der Waals surface area contributed by atoms with Gasteiger partial charge in [-0.1, -0.05) is 0 Å². The van der Waals surface area contributed by atoms with Crippen molar-refractivity contribution >= 4 is 5.97 Å². The van der Waals surface area contributed by atoms with E-state index in [1.54, 1.807) is 6.92 Å². The van der Waals surface area contributed by atoms with Gasteiger partial charge >= 0.3 is 5.97 Å². The summed E-state index contributed by atoms with van der Waals surface area (Å²) in [5, 5.41) is 16.8. The van der Waals surface area contributed by atoms with Crippen LogP contribution < -0.4 is 5.32 Å². The molecule has 1 fully saturated rings. The summed E-state index contributed by atoms with van der Waals surface area (Å²) in [5.74, 6) is -0.137. The number of aromatic nitrogens is 2. The first-order chi connectivity index (χ1) is 8.59. The van der Waals surface area contributed by atoms with Crippen LogP contribution in [0.4, 0.5) is 0 Å². The van der Waals surface area contributed by atoms with Crippen LogP contribution >= 0.6 is 0 Å². The molecule has 5 heteroatoms. The molecule has 0 amide bonds. The van der Waals surface area contributed by atoms with Crippen LogP contribution in [0, 0.1) is 19.8 Å². The molecular weight excluding hydrogens is 230 g/mol. The van der Waals surface area contributed by atoms with Crippen molar-refractivity contribution < 1.29 is 9.90 Å². The minimum atomic E-state index is -0.877. The Kier molecular flexibility index (Phi) is 4.01. The molecule has 0 aromatic carbocycles. The van der Waals surface area contributed by atoms with Gasteiger partial charge in [0.25, 0.3) is 0 Å². The molecule has 5 nitrogen and oxygen atoms in total. The van der Waals surface area contributed by atoms with E-state index < -0.39 is 5.97 Å². The Hall–Kier alpha value is -1.36. The van der Waals surface area contributed by atoms with Gasteiger partial charge in [-0.2, -0.15) is 5.10 Å². The molecule has 2 heterocycles. The van der Waals surface area contributed by atoms with E-state index in [-0.39, 0.29) is 0 Å². The van der Waals surface area contributed by atoms with Crippen LogP contribution in [0.25, 0.3) is 0 Å². The summed E-state index contributed by atoms with van der Waals surface area (Å²) in [6.45, 7) is 6.62. The van der Waals surface area contributed by atoms with Gasteiger partial charge in [-0.3, -0.25) is 4.68 Å². The lowest BCUT2D eigenvalue weighted by Gasteiger charge is -2.22. The number of hydrogen-bond donors (Lipinski definition) is 2. The highest BCUT2D eigenvalue weighted by Gasteiger charge is 2.19. The smallest absolute Gasteiger partial charge is 0.339 e. The Bertz CT molecular complexity index is 434. The maximum absolute atomic E-state index is 11.1. The molecule has 2 rings (SSSR count). The number of rotatable bonds is 4. The number of nitrogens with one attached hydrogen (secondary N) is 1. The van der Waals surface area contributed by atoms with Crippen LogP contribution in [0.5, 0.6) is 0 Å². The molecule has 0 bridgehead atoms. The molecule has 1 aromatic heterocycles. The Morgan fingerprint density at radius 3 is 2.67 bits per heavy atom. The van der Waals surface area contributed by atoms with Gasteiger partial charge in [-0.25, -0.2) is 4.79 Å². The van der Waals surface area contributed by atoms with Gasteiger partial charge in [0.2, 0.25) is 0 Å². The number of aromatic carboxylic acids is 1. The highest BCUT2D eigenvalue weighted by atomic mass is 16.4. The minimum Gasteiger partial charge on any atom is -0.478 e. The summed E-state index contributed by atoms with van der Waals surface area (Å²) in [6.07, 6.45) is 3.51. The number of nitrogens with zero attached hydrogens (tertiary/aromatic N) is 2. The molecule has 0 radical (unpaired) electrons. The second-order valence-electron chi connectivity index (χ2n) is 5.06. The van der Waals surface area contributed by atoms with Crippen LogP contribution in [0.15, 0.2) is 0 Å². The molecule has 2 N–H and O–H groups in total. The lowest BCUT2D eigenvalue weighted by Crippen LogP contribution is -2.28. The Morgan fingerprint density at radius 1 is 1.44 bits per heavy atom. The first-order valence-electron chi connectivity index (χ1n) is 6.57. The highest BCUT2D eigenvalue weighted by molar-refractivity contribution is 5.90. The van der Waals surface area contributed by atoms with Crippen LogP contribution in [-0.4, -0.2) is 33.9 Å². The second-order valence-corrected chi connectivity index (χ2v) is 5.06. The number of hydrogen-bond acceptors (Lipinski definition) is 3. The molecule has 1 aliphatic heterocycles. The van der Waals surface area contributed by atoms with E-state index in [9.17, 15) is 4.79 Å². The largest absolute Gasteiger partial charge is 0.478 e. The Labute approximate surface area is 107 Å². The van der Waals surface area contributed by atoms with Gasteiger partial charge in [-0.05, 0) is 52.1 Å². The first-order valence-corrected chi connectivity index (χ1v) is 6.57. The third-order valence-electron chi connectivity index (χ3n) is 3.80. The molecule has 100 valence electrons. The fraction of sp³-hybridized carbons (Fsp3) is 0.692. The van der Waals surface area contributed by atoms with Crippen LogP contribution in [0.2, 0.25) is 0 Å². The van der Waals surface area contributed by atoms with Crippen molar-refractivity contribution in [1.82, 2.24) is 15.1 Å². The summed E-state index contributed by atoms with van der Waals surface area (Å²) >= 11 is 0. The third kappa shape index (κ3) is 2.72.